The molecule has 0 fully saturated rings. The van der Waals surface area contributed by atoms with Gasteiger partial charge in [-0.3, -0.25) is 4.79 Å². The normalized spacial score (nSPS) is 11.4. The summed E-state index contributed by atoms with van der Waals surface area (Å²) in [6.07, 6.45) is 0. The molecule has 32 heavy (non-hydrogen) atoms. The first-order valence-corrected chi connectivity index (χ1v) is 11.2. The molecule has 9 heteroatoms. The van der Waals surface area contributed by atoms with Gasteiger partial charge < -0.3 is 9.47 Å². The minimum absolute atomic E-state index is 0.0961. The molecule has 0 aliphatic heterocycles. The first-order chi connectivity index (χ1) is 15.4. The summed E-state index contributed by atoms with van der Waals surface area (Å²) in [5.74, 6) is -0.426. The van der Waals surface area contributed by atoms with Gasteiger partial charge in [-0.25, -0.2) is 17.8 Å². The van der Waals surface area contributed by atoms with Crippen LogP contribution in [0.5, 0.6) is 11.5 Å². The highest BCUT2D eigenvalue weighted by Crippen LogP contribution is 2.26. The number of ether oxygens (including phenoxy) is 2. The maximum absolute atomic E-state index is 13.4. The number of hydrogen-bond donors (Lipinski definition) is 0. The minimum Gasteiger partial charge on any atom is -0.497 e. The predicted molar refractivity (Wildman–Crippen MR) is 120 cm³/mol. The Morgan fingerprint density at radius 1 is 0.875 bits per heavy atom. The third-order valence-corrected chi connectivity index (χ3v) is 6.63. The zero-order valence-corrected chi connectivity index (χ0v) is 18.2. The second-order valence-corrected chi connectivity index (χ2v) is 8.80. The highest BCUT2D eigenvalue weighted by Gasteiger charge is 2.28. The number of para-hydroxylation sites is 2. The standard InChI is InChI=1S/C23H20N2O6S/c1-30-17-12-13-18(21(14-17)31-2)22(26)24-19-10-6-7-11-20(19)25(23(24)27)32(28,29)15-16-8-4-3-5-9-16/h3-14H,15H2,1-2H3. The zero-order valence-electron chi connectivity index (χ0n) is 17.4. The molecule has 1 aromatic heterocycles. The number of hydrogen-bond acceptors (Lipinski definition) is 6. The number of nitrogens with zero attached hydrogens (tertiary/aromatic N) is 2. The van der Waals surface area contributed by atoms with Crippen molar-refractivity contribution in [1.82, 2.24) is 8.54 Å². The zero-order chi connectivity index (χ0) is 22.9. The van der Waals surface area contributed by atoms with Crippen LogP contribution in [0.1, 0.15) is 15.9 Å². The van der Waals surface area contributed by atoms with Crippen molar-refractivity contribution in [2.75, 3.05) is 14.2 Å². The van der Waals surface area contributed by atoms with Crippen molar-refractivity contribution >= 4 is 27.0 Å². The molecule has 0 unspecified atom stereocenters. The Kier molecular flexibility index (Phi) is 5.58. The summed E-state index contributed by atoms with van der Waals surface area (Å²) in [5, 5.41) is 0. The van der Waals surface area contributed by atoms with Crippen LogP contribution in [-0.2, 0) is 15.8 Å². The summed E-state index contributed by atoms with van der Waals surface area (Å²) in [7, 11) is -1.24. The van der Waals surface area contributed by atoms with Crippen molar-refractivity contribution in [2.45, 2.75) is 5.75 Å². The lowest BCUT2D eigenvalue weighted by atomic mass is 10.1. The topological polar surface area (TPSA) is 96.6 Å². The molecule has 0 saturated heterocycles. The summed E-state index contributed by atoms with van der Waals surface area (Å²) in [6, 6.07) is 19.3. The molecule has 4 rings (SSSR count). The van der Waals surface area contributed by atoms with Gasteiger partial charge in [-0.15, -0.1) is 0 Å². The Hall–Kier alpha value is -3.85. The van der Waals surface area contributed by atoms with E-state index < -0.39 is 21.6 Å². The number of imidazole rings is 1. The fraction of sp³-hybridized carbons (Fsp3) is 0.130. The molecular weight excluding hydrogens is 432 g/mol. The van der Waals surface area contributed by atoms with Crippen molar-refractivity contribution in [1.29, 1.82) is 0 Å². The third-order valence-electron chi connectivity index (χ3n) is 5.02. The lowest BCUT2D eigenvalue weighted by Crippen LogP contribution is -2.33. The molecule has 0 bridgehead atoms. The largest absolute Gasteiger partial charge is 0.497 e. The number of carbonyl (C=O) groups is 1. The van der Waals surface area contributed by atoms with Gasteiger partial charge >= 0.3 is 5.69 Å². The maximum Gasteiger partial charge on any atom is 0.350 e. The Bertz CT molecular complexity index is 1470. The van der Waals surface area contributed by atoms with Gasteiger partial charge in [0.25, 0.3) is 5.91 Å². The summed E-state index contributed by atoms with van der Waals surface area (Å²) < 4.78 is 38.4. The molecule has 164 valence electrons. The van der Waals surface area contributed by atoms with E-state index in [9.17, 15) is 18.0 Å². The van der Waals surface area contributed by atoms with Crippen molar-refractivity contribution < 1.29 is 22.7 Å². The predicted octanol–water partition coefficient (Wildman–Crippen LogP) is 2.89. The second-order valence-electron chi connectivity index (χ2n) is 6.98. The number of fused-ring (bicyclic) bond motifs is 1. The molecule has 4 aromatic rings. The molecule has 0 radical (unpaired) electrons. The van der Waals surface area contributed by atoms with Crippen LogP contribution in [-0.4, -0.2) is 37.1 Å². The molecule has 8 nitrogen and oxygen atoms in total. The van der Waals surface area contributed by atoms with E-state index in [0.717, 1.165) is 4.57 Å². The van der Waals surface area contributed by atoms with Gasteiger partial charge in [0.1, 0.15) is 11.5 Å². The number of carbonyl (C=O) groups excluding carboxylic acids is 1. The van der Waals surface area contributed by atoms with Gasteiger partial charge in [-0.2, -0.15) is 3.97 Å². The quantitative estimate of drug-likeness (QED) is 0.446. The van der Waals surface area contributed by atoms with E-state index in [4.69, 9.17) is 9.47 Å². The molecular formula is C23H20N2O6S. The van der Waals surface area contributed by atoms with Gasteiger partial charge in [-0.1, -0.05) is 42.5 Å². The monoisotopic (exact) mass is 452 g/mol. The number of methoxy groups -OCH3 is 2. The average molecular weight is 452 g/mol. The summed E-state index contributed by atoms with van der Waals surface area (Å²) in [5.41, 5.74) is -0.0468. The Labute approximate surface area is 184 Å². The molecule has 1 heterocycles. The smallest absolute Gasteiger partial charge is 0.350 e. The van der Waals surface area contributed by atoms with Crippen LogP contribution < -0.4 is 15.2 Å². The SMILES string of the molecule is COc1ccc(C(=O)n2c(=O)n(S(=O)(=O)Cc3ccccc3)c3ccccc32)c(OC)c1. The van der Waals surface area contributed by atoms with Gasteiger partial charge in [0.05, 0.1) is 36.6 Å². The lowest BCUT2D eigenvalue weighted by Gasteiger charge is -2.10. The molecule has 0 spiro atoms. The van der Waals surface area contributed by atoms with E-state index in [1.165, 1.54) is 38.5 Å². The van der Waals surface area contributed by atoms with Crippen molar-refractivity contribution in [2.24, 2.45) is 0 Å². The van der Waals surface area contributed by atoms with Crippen LogP contribution in [0.2, 0.25) is 0 Å². The fourth-order valence-electron chi connectivity index (χ4n) is 3.53. The fourth-order valence-corrected chi connectivity index (χ4v) is 5.05. The second kappa shape index (κ2) is 8.35. The summed E-state index contributed by atoms with van der Waals surface area (Å²) >= 11 is 0. The van der Waals surface area contributed by atoms with Gasteiger partial charge in [-0.05, 0) is 29.8 Å². The number of benzene rings is 3. The van der Waals surface area contributed by atoms with Gasteiger partial charge in [0.15, 0.2) is 0 Å². The highest BCUT2D eigenvalue weighted by molar-refractivity contribution is 7.89. The highest BCUT2D eigenvalue weighted by atomic mass is 32.2. The summed E-state index contributed by atoms with van der Waals surface area (Å²) in [4.78, 5) is 26.7. The molecule has 0 aliphatic rings. The van der Waals surface area contributed by atoms with Crippen LogP contribution in [0.15, 0.2) is 77.6 Å². The van der Waals surface area contributed by atoms with Crippen LogP contribution in [0.25, 0.3) is 11.0 Å². The molecule has 0 saturated carbocycles. The maximum atomic E-state index is 13.4. The molecule has 3 aromatic carbocycles. The van der Waals surface area contributed by atoms with E-state index in [-0.39, 0.29) is 28.1 Å². The first-order valence-electron chi connectivity index (χ1n) is 9.64. The Morgan fingerprint density at radius 2 is 1.53 bits per heavy atom. The summed E-state index contributed by atoms with van der Waals surface area (Å²) in [6.45, 7) is 0. The van der Waals surface area contributed by atoms with Crippen LogP contribution in [0.3, 0.4) is 0 Å². The molecule has 0 aliphatic carbocycles. The van der Waals surface area contributed by atoms with Crippen LogP contribution in [0, 0.1) is 0 Å². The number of aromatic nitrogens is 2. The lowest BCUT2D eigenvalue weighted by molar-refractivity contribution is 0.0957. The average Bonchev–Trinajstić information content (AvgIpc) is 3.11. The molecule has 0 atom stereocenters. The van der Waals surface area contributed by atoms with E-state index in [1.54, 1.807) is 48.5 Å². The Balaban J connectivity index is 1.91. The van der Waals surface area contributed by atoms with Gasteiger partial charge in [0, 0.05) is 6.07 Å². The Morgan fingerprint density at radius 3 is 2.19 bits per heavy atom. The van der Waals surface area contributed by atoms with E-state index in [0.29, 0.717) is 15.3 Å². The van der Waals surface area contributed by atoms with Crippen LogP contribution >= 0.6 is 0 Å². The van der Waals surface area contributed by atoms with E-state index in [2.05, 4.69) is 0 Å². The molecule has 0 N–H and O–H groups in total. The van der Waals surface area contributed by atoms with E-state index in [1.807, 2.05) is 0 Å². The third kappa shape index (κ3) is 3.67. The number of rotatable bonds is 6. The first kappa shape index (κ1) is 21.4. The minimum atomic E-state index is -4.11. The van der Waals surface area contributed by atoms with Crippen molar-refractivity contribution in [3.8, 4) is 11.5 Å². The van der Waals surface area contributed by atoms with Crippen molar-refractivity contribution in [3.63, 3.8) is 0 Å². The van der Waals surface area contributed by atoms with Crippen LogP contribution in [0.4, 0.5) is 0 Å². The van der Waals surface area contributed by atoms with E-state index >= 15 is 0 Å². The van der Waals surface area contributed by atoms with Gasteiger partial charge in [0.2, 0.25) is 10.0 Å². The van der Waals surface area contributed by atoms with Crippen molar-refractivity contribution in [3.05, 3.63) is 94.4 Å². The molecule has 0 amide bonds.